The fourth-order valence-electron chi connectivity index (χ4n) is 2.61. The Morgan fingerprint density at radius 2 is 2.07 bits per heavy atom. The molecule has 2 saturated carbocycles. The summed E-state index contributed by atoms with van der Waals surface area (Å²) in [5, 5.41) is 13.1. The highest BCUT2D eigenvalue weighted by molar-refractivity contribution is 4.86. The number of hydrogen-bond donors (Lipinski definition) is 2. The monoisotopic (exact) mass is 212 g/mol. The molecule has 0 aromatic rings. The molecule has 2 fully saturated rings. The Kier molecular flexibility index (Phi) is 4.00. The van der Waals surface area contributed by atoms with E-state index in [9.17, 15) is 5.11 Å². The van der Waals surface area contributed by atoms with Crippen LogP contribution in [0.1, 0.15) is 39.0 Å². The van der Waals surface area contributed by atoms with Gasteiger partial charge in [-0.15, -0.1) is 0 Å². The van der Waals surface area contributed by atoms with Crippen molar-refractivity contribution in [3.05, 3.63) is 0 Å². The van der Waals surface area contributed by atoms with E-state index < -0.39 is 0 Å². The summed E-state index contributed by atoms with van der Waals surface area (Å²) in [7, 11) is 0. The number of aliphatic hydroxyl groups excluding tert-OH is 1. The molecule has 2 rings (SSSR count). The van der Waals surface area contributed by atoms with Crippen LogP contribution >= 0.6 is 0 Å². The van der Waals surface area contributed by atoms with Crippen LogP contribution in [0.15, 0.2) is 0 Å². The van der Waals surface area contributed by atoms with Crippen LogP contribution in [0.25, 0.3) is 0 Å². The first-order valence-electron chi connectivity index (χ1n) is 6.46. The van der Waals surface area contributed by atoms with Crippen molar-refractivity contribution >= 4 is 0 Å². The SMILES string of the molecule is CCN(CCNC1CCCC1O)C1CC1. The fourth-order valence-corrected chi connectivity index (χ4v) is 2.61. The van der Waals surface area contributed by atoms with Crippen molar-refractivity contribution in [2.45, 2.75) is 57.2 Å². The number of aliphatic hydroxyl groups is 1. The Labute approximate surface area is 92.8 Å². The van der Waals surface area contributed by atoms with Gasteiger partial charge in [0.25, 0.3) is 0 Å². The van der Waals surface area contributed by atoms with E-state index in [-0.39, 0.29) is 6.10 Å². The van der Waals surface area contributed by atoms with Crippen molar-refractivity contribution in [1.82, 2.24) is 10.2 Å². The zero-order valence-electron chi connectivity index (χ0n) is 9.78. The molecule has 0 aliphatic heterocycles. The standard InChI is InChI=1S/C12H24N2O/c1-2-14(10-6-7-10)9-8-13-11-4-3-5-12(11)15/h10-13,15H,2-9H2,1H3. The van der Waals surface area contributed by atoms with E-state index in [2.05, 4.69) is 17.1 Å². The fraction of sp³-hybridized carbons (Fsp3) is 1.00. The Balaban J connectivity index is 1.60. The predicted molar refractivity (Wildman–Crippen MR) is 61.9 cm³/mol. The summed E-state index contributed by atoms with van der Waals surface area (Å²) >= 11 is 0. The van der Waals surface area contributed by atoms with Crippen molar-refractivity contribution in [2.24, 2.45) is 0 Å². The Morgan fingerprint density at radius 1 is 1.27 bits per heavy atom. The lowest BCUT2D eigenvalue weighted by Gasteiger charge is -2.22. The molecule has 2 unspecified atom stereocenters. The second-order valence-corrected chi connectivity index (χ2v) is 4.92. The van der Waals surface area contributed by atoms with Crippen molar-refractivity contribution < 1.29 is 5.11 Å². The number of rotatable bonds is 6. The van der Waals surface area contributed by atoms with E-state index >= 15 is 0 Å². The lowest BCUT2D eigenvalue weighted by Crippen LogP contribution is -2.41. The van der Waals surface area contributed by atoms with E-state index in [0.29, 0.717) is 6.04 Å². The molecule has 15 heavy (non-hydrogen) atoms. The minimum absolute atomic E-state index is 0.0963. The third kappa shape index (κ3) is 3.16. The maximum atomic E-state index is 9.66. The number of hydrogen-bond acceptors (Lipinski definition) is 3. The maximum Gasteiger partial charge on any atom is 0.0693 e. The predicted octanol–water partition coefficient (Wildman–Crippen LogP) is 0.974. The second-order valence-electron chi connectivity index (χ2n) is 4.92. The van der Waals surface area contributed by atoms with Gasteiger partial charge in [0.1, 0.15) is 0 Å². The van der Waals surface area contributed by atoms with Gasteiger partial charge in [-0.25, -0.2) is 0 Å². The average molecular weight is 212 g/mol. The van der Waals surface area contributed by atoms with E-state index in [4.69, 9.17) is 0 Å². The van der Waals surface area contributed by atoms with Crippen LogP contribution in [0.2, 0.25) is 0 Å². The zero-order chi connectivity index (χ0) is 10.7. The van der Waals surface area contributed by atoms with Crippen LogP contribution < -0.4 is 5.32 Å². The molecular formula is C12H24N2O. The van der Waals surface area contributed by atoms with Crippen molar-refractivity contribution in [3.8, 4) is 0 Å². The highest BCUT2D eigenvalue weighted by atomic mass is 16.3. The van der Waals surface area contributed by atoms with Gasteiger partial charge >= 0.3 is 0 Å². The molecule has 0 radical (unpaired) electrons. The summed E-state index contributed by atoms with van der Waals surface area (Å²) in [4.78, 5) is 2.55. The lowest BCUT2D eigenvalue weighted by molar-refractivity contribution is 0.146. The molecule has 0 aromatic carbocycles. The van der Waals surface area contributed by atoms with Gasteiger partial charge in [0.15, 0.2) is 0 Å². The summed E-state index contributed by atoms with van der Waals surface area (Å²) in [6.45, 7) is 5.58. The topological polar surface area (TPSA) is 35.5 Å². The van der Waals surface area contributed by atoms with E-state index in [1.54, 1.807) is 0 Å². The molecule has 0 bridgehead atoms. The average Bonchev–Trinajstić information content (AvgIpc) is 2.99. The van der Waals surface area contributed by atoms with Gasteiger partial charge in [0.2, 0.25) is 0 Å². The van der Waals surface area contributed by atoms with E-state index in [1.165, 1.54) is 25.8 Å². The molecule has 0 amide bonds. The summed E-state index contributed by atoms with van der Waals surface area (Å²) < 4.78 is 0. The second kappa shape index (κ2) is 5.28. The highest BCUT2D eigenvalue weighted by Gasteiger charge is 2.28. The van der Waals surface area contributed by atoms with Crippen LogP contribution in [0.3, 0.4) is 0 Å². The molecule has 2 N–H and O–H groups in total. The van der Waals surface area contributed by atoms with Crippen LogP contribution in [-0.2, 0) is 0 Å². The molecule has 2 aliphatic rings. The zero-order valence-corrected chi connectivity index (χ0v) is 9.78. The first-order chi connectivity index (χ1) is 7.31. The molecule has 0 aromatic heterocycles. The Hall–Kier alpha value is -0.120. The largest absolute Gasteiger partial charge is 0.392 e. The van der Waals surface area contributed by atoms with Gasteiger partial charge in [-0.05, 0) is 38.6 Å². The van der Waals surface area contributed by atoms with Gasteiger partial charge < -0.3 is 10.4 Å². The smallest absolute Gasteiger partial charge is 0.0693 e. The highest BCUT2D eigenvalue weighted by Crippen LogP contribution is 2.26. The normalized spacial score (nSPS) is 31.4. The molecule has 2 aliphatic carbocycles. The summed E-state index contributed by atoms with van der Waals surface area (Å²) in [6, 6.07) is 1.23. The molecular weight excluding hydrogens is 188 g/mol. The van der Waals surface area contributed by atoms with Gasteiger partial charge in [-0.3, -0.25) is 4.90 Å². The van der Waals surface area contributed by atoms with Crippen molar-refractivity contribution in [3.63, 3.8) is 0 Å². The molecule has 0 saturated heterocycles. The van der Waals surface area contributed by atoms with E-state index in [0.717, 1.165) is 32.0 Å². The Morgan fingerprint density at radius 3 is 2.60 bits per heavy atom. The Bertz CT molecular complexity index is 192. The third-order valence-electron chi connectivity index (χ3n) is 3.75. The minimum atomic E-state index is -0.0963. The van der Waals surface area contributed by atoms with Gasteiger partial charge in [0, 0.05) is 25.2 Å². The van der Waals surface area contributed by atoms with Crippen molar-refractivity contribution in [2.75, 3.05) is 19.6 Å². The van der Waals surface area contributed by atoms with Crippen LogP contribution in [0.4, 0.5) is 0 Å². The molecule has 0 spiro atoms. The quantitative estimate of drug-likeness (QED) is 0.689. The molecule has 3 nitrogen and oxygen atoms in total. The molecule has 88 valence electrons. The summed E-state index contributed by atoms with van der Waals surface area (Å²) in [5.41, 5.74) is 0. The summed E-state index contributed by atoms with van der Waals surface area (Å²) in [6.07, 6.45) is 5.99. The molecule has 0 heterocycles. The first-order valence-corrected chi connectivity index (χ1v) is 6.46. The number of likely N-dealkylation sites (N-methyl/N-ethyl adjacent to an activating group) is 1. The molecule has 2 atom stereocenters. The van der Waals surface area contributed by atoms with Crippen LogP contribution in [0.5, 0.6) is 0 Å². The number of nitrogens with one attached hydrogen (secondary N) is 1. The lowest BCUT2D eigenvalue weighted by atomic mass is 10.2. The van der Waals surface area contributed by atoms with Gasteiger partial charge in [0.05, 0.1) is 6.10 Å². The maximum absolute atomic E-state index is 9.66. The van der Waals surface area contributed by atoms with Crippen LogP contribution in [-0.4, -0.2) is 47.8 Å². The first kappa shape index (κ1) is 11.4. The third-order valence-corrected chi connectivity index (χ3v) is 3.75. The minimum Gasteiger partial charge on any atom is -0.392 e. The van der Waals surface area contributed by atoms with Crippen LogP contribution in [0, 0.1) is 0 Å². The van der Waals surface area contributed by atoms with Gasteiger partial charge in [-0.2, -0.15) is 0 Å². The van der Waals surface area contributed by atoms with Crippen molar-refractivity contribution in [1.29, 1.82) is 0 Å². The number of nitrogens with zero attached hydrogens (tertiary/aromatic N) is 1. The molecule has 3 heteroatoms. The summed E-state index contributed by atoms with van der Waals surface area (Å²) in [5.74, 6) is 0. The van der Waals surface area contributed by atoms with Gasteiger partial charge in [-0.1, -0.05) is 6.92 Å². The van der Waals surface area contributed by atoms with E-state index in [1.807, 2.05) is 0 Å².